The average molecular weight is 491 g/mol. The maximum Gasteiger partial charge on any atom is 0.264 e. The highest BCUT2D eigenvalue weighted by atomic mass is 32.2. The molecule has 1 fully saturated rings. The molecule has 33 heavy (non-hydrogen) atoms. The summed E-state index contributed by atoms with van der Waals surface area (Å²) in [6.07, 6.45) is 7.46. The minimum absolute atomic E-state index is 0.146. The molecule has 0 atom stereocenters. The van der Waals surface area contributed by atoms with Crippen molar-refractivity contribution >= 4 is 33.4 Å². The lowest BCUT2D eigenvalue weighted by Crippen LogP contribution is -2.41. The Balaban J connectivity index is 1.65. The SMILES string of the molecule is COc1cccc(N(CC(=O)NCCCSC2CCCCC2)S(=O)(=O)c2ccc(C)cc2)c1. The summed E-state index contributed by atoms with van der Waals surface area (Å²) in [4.78, 5) is 12.9. The van der Waals surface area contributed by atoms with Crippen molar-refractivity contribution in [1.29, 1.82) is 0 Å². The van der Waals surface area contributed by atoms with Crippen LogP contribution in [0.1, 0.15) is 44.1 Å². The number of ether oxygens (including phenoxy) is 1. The van der Waals surface area contributed by atoms with Crippen LogP contribution in [-0.4, -0.2) is 45.5 Å². The monoisotopic (exact) mass is 490 g/mol. The highest BCUT2D eigenvalue weighted by Gasteiger charge is 2.27. The van der Waals surface area contributed by atoms with E-state index in [9.17, 15) is 13.2 Å². The molecule has 6 nitrogen and oxygen atoms in total. The Morgan fingerprint density at radius 1 is 1.12 bits per heavy atom. The van der Waals surface area contributed by atoms with Crippen molar-refractivity contribution in [2.45, 2.75) is 55.6 Å². The number of nitrogens with one attached hydrogen (secondary N) is 1. The predicted octanol–water partition coefficient (Wildman–Crippen LogP) is 4.77. The summed E-state index contributed by atoms with van der Waals surface area (Å²) in [6.45, 7) is 2.14. The molecule has 2 aromatic rings. The number of aryl methyl sites for hydroxylation is 1. The quantitative estimate of drug-likeness (QED) is 0.459. The van der Waals surface area contributed by atoms with Gasteiger partial charge in [0.1, 0.15) is 12.3 Å². The van der Waals surface area contributed by atoms with Crippen LogP contribution in [0, 0.1) is 6.92 Å². The Morgan fingerprint density at radius 3 is 2.55 bits per heavy atom. The number of amides is 1. The molecule has 0 unspecified atom stereocenters. The third-order valence-corrected chi connectivity index (χ3v) is 9.04. The van der Waals surface area contributed by atoms with E-state index in [0.717, 1.165) is 27.3 Å². The van der Waals surface area contributed by atoms with Gasteiger partial charge >= 0.3 is 0 Å². The zero-order valence-corrected chi connectivity index (χ0v) is 21.1. The van der Waals surface area contributed by atoms with Crippen LogP contribution >= 0.6 is 11.8 Å². The molecule has 3 rings (SSSR count). The van der Waals surface area contributed by atoms with E-state index in [0.29, 0.717) is 18.0 Å². The molecule has 1 N–H and O–H groups in total. The second-order valence-electron chi connectivity index (χ2n) is 8.36. The number of sulfonamides is 1. The van der Waals surface area contributed by atoms with Gasteiger partial charge in [-0.3, -0.25) is 9.10 Å². The van der Waals surface area contributed by atoms with Crippen molar-refractivity contribution in [2.75, 3.05) is 30.3 Å². The van der Waals surface area contributed by atoms with Crippen LogP contribution in [0.2, 0.25) is 0 Å². The molecule has 0 aliphatic heterocycles. The molecule has 0 radical (unpaired) electrons. The van der Waals surface area contributed by atoms with Gasteiger partial charge in [-0.05, 0) is 56.2 Å². The molecule has 1 saturated carbocycles. The van der Waals surface area contributed by atoms with Gasteiger partial charge in [-0.2, -0.15) is 11.8 Å². The highest BCUT2D eigenvalue weighted by Crippen LogP contribution is 2.29. The fourth-order valence-electron chi connectivity index (χ4n) is 3.89. The molecular formula is C25H34N2O4S2. The zero-order valence-electron chi connectivity index (χ0n) is 19.5. The van der Waals surface area contributed by atoms with Crippen molar-refractivity contribution in [3.63, 3.8) is 0 Å². The molecule has 1 amide bonds. The molecule has 180 valence electrons. The smallest absolute Gasteiger partial charge is 0.264 e. The van der Waals surface area contributed by atoms with E-state index in [1.165, 1.54) is 39.2 Å². The van der Waals surface area contributed by atoms with Gasteiger partial charge in [-0.25, -0.2) is 8.42 Å². The summed E-state index contributed by atoms with van der Waals surface area (Å²) in [5.74, 6) is 1.21. The standard InChI is InChI=1S/C25H34N2O4S2/c1-20-12-14-24(15-13-20)33(29,30)27(21-8-6-9-22(18-21)31-2)19-25(28)26-16-7-17-32-23-10-4-3-5-11-23/h6,8-9,12-15,18,23H,3-5,7,10-11,16-17,19H2,1-2H3,(H,26,28). The van der Waals surface area contributed by atoms with Crippen molar-refractivity contribution in [1.82, 2.24) is 5.32 Å². The minimum Gasteiger partial charge on any atom is -0.497 e. The Bertz CT molecular complexity index is 1000. The van der Waals surface area contributed by atoms with Gasteiger partial charge < -0.3 is 10.1 Å². The Hall–Kier alpha value is -2.19. The van der Waals surface area contributed by atoms with Crippen LogP contribution in [0.25, 0.3) is 0 Å². The van der Waals surface area contributed by atoms with Crippen molar-refractivity contribution in [2.24, 2.45) is 0 Å². The normalized spacial score (nSPS) is 14.6. The fraction of sp³-hybridized carbons (Fsp3) is 0.480. The van der Waals surface area contributed by atoms with Crippen molar-refractivity contribution in [3.05, 3.63) is 54.1 Å². The van der Waals surface area contributed by atoms with Crippen LogP contribution in [0.3, 0.4) is 0 Å². The van der Waals surface area contributed by atoms with E-state index in [4.69, 9.17) is 4.74 Å². The molecule has 0 saturated heterocycles. The summed E-state index contributed by atoms with van der Waals surface area (Å²) in [7, 11) is -2.40. The van der Waals surface area contributed by atoms with Gasteiger partial charge in [-0.1, -0.05) is 43.0 Å². The Kier molecular flexibility index (Phi) is 9.50. The van der Waals surface area contributed by atoms with Crippen LogP contribution in [0.15, 0.2) is 53.4 Å². The van der Waals surface area contributed by atoms with E-state index in [1.807, 2.05) is 18.7 Å². The number of benzene rings is 2. The highest BCUT2D eigenvalue weighted by molar-refractivity contribution is 7.99. The third-order valence-electron chi connectivity index (χ3n) is 5.79. The number of thioether (sulfide) groups is 1. The second-order valence-corrected chi connectivity index (χ2v) is 11.6. The van der Waals surface area contributed by atoms with Gasteiger partial charge in [0.15, 0.2) is 0 Å². The van der Waals surface area contributed by atoms with E-state index in [-0.39, 0.29) is 17.3 Å². The number of nitrogens with zero attached hydrogens (tertiary/aromatic N) is 1. The molecule has 0 heterocycles. The number of rotatable bonds is 11. The summed E-state index contributed by atoms with van der Waals surface area (Å²) in [6, 6.07) is 13.4. The summed E-state index contributed by atoms with van der Waals surface area (Å²) >= 11 is 2.00. The van der Waals surface area contributed by atoms with Gasteiger partial charge in [0.05, 0.1) is 17.7 Å². The zero-order chi connectivity index (χ0) is 23.7. The average Bonchev–Trinajstić information content (AvgIpc) is 2.83. The molecular weight excluding hydrogens is 456 g/mol. The first-order valence-electron chi connectivity index (χ1n) is 11.5. The van der Waals surface area contributed by atoms with Gasteiger partial charge in [0, 0.05) is 17.9 Å². The van der Waals surface area contributed by atoms with Crippen LogP contribution in [0.4, 0.5) is 5.69 Å². The van der Waals surface area contributed by atoms with E-state index >= 15 is 0 Å². The Labute approximate surface area is 202 Å². The lowest BCUT2D eigenvalue weighted by Gasteiger charge is -2.24. The number of hydrogen-bond donors (Lipinski definition) is 1. The second kappa shape index (κ2) is 12.3. The van der Waals surface area contributed by atoms with Crippen LogP contribution < -0.4 is 14.4 Å². The first kappa shape index (κ1) is 25.4. The first-order chi connectivity index (χ1) is 15.9. The summed E-state index contributed by atoms with van der Waals surface area (Å²) in [5, 5.41) is 3.64. The Morgan fingerprint density at radius 2 is 1.85 bits per heavy atom. The maximum absolute atomic E-state index is 13.4. The number of anilines is 1. The topological polar surface area (TPSA) is 75.7 Å². The van der Waals surface area contributed by atoms with E-state index in [1.54, 1.807) is 48.5 Å². The summed E-state index contributed by atoms with van der Waals surface area (Å²) in [5.41, 5.74) is 1.35. The van der Waals surface area contributed by atoms with Gasteiger partial charge in [0.2, 0.25) is 5.91 Å². The lowest BCUT2D eigenvalue weighted by atomic mass is 10.0. The summed E-state index contributed by atoms with van der Waals surface area (Å²) < 4.78 is 33.3. The van der Waals surface area contributed by atoms with Gasteiger partial charge in [-0.15, -0.1) is 0 Å². The molecule has 2 aromatic carbocycles. The van der Waals surface area contributed by atoms with Crippen LogP contribution in [-0.2, 0) is 14.8 Å². The van der Waals surface area contributed by atoms with E-state index in [2.05, 4.69) is 5.32 Å². The molecule has 1 aliphatic carbocycles. The third kappa shape index (κ3) is 7.40. The van der Waals surface area contributed by atoms with E-state index < -0.39 is 10.0 Å². The first-order valence-corrected chi connectivity index (χ1v) is 14.0. The molecule has 0 aromatic heterocycles. The number of hydrogen-bond acceptors (Lipinski definition) is 5. The molecule has 8 heteroatoms. The van der Waals surface area contributed by atoms with Crippen molar-refractivity contribution < 1.29 is 17.9 Å². The molecule has 0 bridgehead atoms. The predicted molar refractivity (Wildman–Crippen MR) is 136 cm³/mol. The number of methoxy groups -OCH3 is 1. The maximum atomic E-state index is 13.4. The lowest BCUT2D eigenvalue weighted by molar-refractivity contribution is -0.119. The minimum atomic E-state index is -3.93. The van der Waals surface area contributed by atoms with Crippen LogP contribution in [0.5, 0.6) is 5.75 Å². The fourth-order valence-corrected chi connectivity index (χ4v) is 6.61. The van der Waals surface area contributed by atoms with Crippen molar-refractivity contribution in [3.8, 4) is 5.75 Å². The number of carbonyl (C=O) groups is 1. The molecule has 1 aliphatic rings. The molecule has 0 spiro atoms. The largest absolute Gasteiger partial charge is 0.497 e. The number of carbonyl (C=O) groups excluding carboxylic acids is 1. The van der Waals surface area contributed by atoms with Gasteiger partial charge in [0.25, 0.3) is 10.0 Å².